The molecule has 23 heavy (non-hydrogen) atoms. The first-order valence-electron chi connectivity index (χ1n) is 8.94. The quantitative estimate of drug-likeness (QED) is 0.752. The zero-order valence-electron chi connectivity index (χ0n) is 14.7. The Bertz CT molecular complexity index is 431. The van der Waals surface area contributed by atoms with Gasteiger partial charge in [0.25, 0.3) is 0 Å². The predicted molar refractivity (Wildman–Crippen MR) is 89.4 cm³/mol. The van der Waals surface area contributed by atoms with Crippen LogP contribution in [0, 0.1) is 5.41 Å². The molecule has 1 saturated carbocycles. The van der Waals surface area contributed by atoms with Crippen molar-refractivity contribution < 1.29 is 14.7 Å². The SMILES string of the molecule is CCN(CC(=O)O)C1CC(NC(=O)N2CCC(CC)(CC)C2)C1. The van der Waals surface area contributed by atoms with Crippen molar-refractivity contribution in [2.24, 2.45) is 5.41 Å². The van der Waals surface area contributed by atoms with Gasteiger partial charge in [-0.25, -0.2) is 4.79 Å². The van der Waals surface area contributed by atoms with Crippen molar-refractivity contribution in [3.8, 4) is 0 Å². The molecule has 0 spiro atoms. The molecule has 2 N–H and O–H groups in total. The Morgan fingerprint density at radius 1 is 1.26 bits per heavy atom. The van der Waals surface area contributed by atoms with Crippen molar-refractivity contribution in [1.29, 1.82) is 0 Å². The second kappa shape index (κ2) is 7.51. The number of hydrogen-bond donors (Lipinski definition) is 2. The lowest BCUT2D eigenvalue weighted by Crippen LogP contribution is -2.56. The molecular weight excluding hydrogens is 294 g/mol. The summed E-state index contributed by atoms with van der Waals surface area (Å²) in [5.41, 5.74) is 0.306. The summed E-state index contributed by atoms with van der Waals surface area (Å²) in [5.74, 6) is -0.785. The number of rotatable bonds is 7. The third-order valence-corrected chi connectivity index (χ3v) is 5.93. The van der Waals surface area contributed by atoms with Crippen molar-refractivity contribution in [3.63, 3.8) is 0 Å². The number of carbonyl (C=O) groups excluding carboxylic acids is 1. The van der Waals surface area contributed by atoms with Gasteiger partial charge in [0, 0.05) is 25.2 Å². The van der Waals surface area contributed by atoms with E-state index < -0.39 is 5.97 Å². The van der Waals surface area contributed by atoms with Crippen LogP contribution in [-0.4, -0.2) is 65.2 Å². The van der Waals surface area contributed by atoms with E-state index in [1.807, 2.05) is 16.7 Å². The minimum absolute atomic E-state index is 0.0542. The number of likely N-dealkylation sites (tertiary alicyclic amines) is 1. The van der Waals surface area contributed by atoms with Gasteiger partial charge in [0.2, 0.25) is 0 Å². The second-order valence-electron chi connectivity index (χ2n) is 7.11. The highest BCUT2D eigenvalue weighted by atomic mass is 16.4. The van der Waals surface area contributed by atoms with E-state index in [2.05, 4.69) is 19.2 Å². The fraction of sp³-hybridized carbons (Fsp3) is 0.882. The number of carbonyl (C=O) groups is 2. The lowest BCUT2D eigenvalue weighted by Gasteiger charge is -2.42. The molecule has 2 fully saturated rings. The number of likely N-dealkylation sites (N-methyl/N-ethyl adjacent to an activating group) is 1. The van der Waals surface area contributed by atoms with E-state index in [0.29, 0.717) is 5.41 Å². The molecule has 0 radical (unpaired) electrons. The predicted octanol–water partition coefficient (Wildman–Crippen LogP) is 2.15. The molecular formula is C17H31N3O3. The van der Waals surface area contributed by atoms with E-state index in [0.717, 1.165) is 51.7 Å². The van der Waals surface area contributed by atoms with E-state index in [1.165, 1.54) is 0 Å². The van der Waals surface area contributed by atoms with Crippen molar-refractivity contribution in [2.45, 2.75) is 65.0 Å². The normalized spacial score (nSPS) is 26.2. The van der Waals surface area contributed by atoms with Crippen molar-refractivity contribution in [1.82, 2.24) is 15.1 Å². The van der Waals surface area contributed by atoms with Crippen LogP contribution >= 0.6 is 0 Å². The molecule has 6 nitrogen and oxygen atoms in total. The van der Waals surface area contributed by atoms with Gasteiger partial charge in [0.1, 0.15) is 0 Å². The molecule has 2 aliphatic rings. The summed E-state index contributed by atoms with van der Waals surface area (Å²) in [5, 5.41) is 12.0. The van der Waals surface area contributed by atoms with Gasteiger partial charge in [-0.3, -0.25) is 9.69 Å². The molecule has 0 unspecified atom stereocenters. The maximum Gasteiger partial charge on any atom is 0.317 e. The third-order valence-electron chi connectivity index (χ3n) is 5.93. The Hall–Kier alpha value is -1.30. The van der Waals surface area contributed by atoms with Crippen LogP contribution in [0.2, 0.25) is 0 Å². The summed E-state index contributed by atoms with van der Waals surface area (Å²) in [6.45, 7) is 8.94. The molecule has 6 heteroatoms. The van der Waals surface area contributed by atoms with E-state index >= 15 is 0 Å². The first kappa shape index (κ1) is 18.0. The zero-order valence-corrected chi connectivity index (χ0v) is 14.7. The topological polar surface area (TPSA) is 72.9 Å². The number of carboxylic acids is 1. The van der Waals surface area contributed by atoms with Crippen LogP contribution in [0.5, 0.6) is 0 Å². The largest absolute Gasteiger partial charge is 0.480 e. The highest BCUT2D eigenvalue weighted by molar-refractivity contribution is 5.75. The van der Waals surface area contributed by atoms with Crippen LogP contribution in [-0.2, 0) is 4.79 Å². The zero-order chi connectivity index (χ0) is 17.0. The Kier molecular flexibility index (Phi) is 5.89. The number of nitrogens with one attached hydrogen (secondary N) is 1. The first-order chi connectivity index (χ1) is 10.9. The standard InChI is InChI=1S/C17H31N3O3/c1-4-17(5-2)7-8-20(12-17)16(23)18-13-9-14(10-13)19(6-3)11-15(21)22/h13-14H,4-12H2,1-3H3,(H,18,23)(H,21,22). The summed E-state index contributed by atoms with van der Waals surface area (Å²) in [4.78, 5) is 27.2. The molecule has 0 aromatic carbocycles. The van der Waals surface area contributed by atoms with Gasteiger partial charge in [0.15, 0.2) is 0 Å². The van der Waals surface area contributed by atoms with Crippen LogP contribution in [0.25, 0.3) is 0 Å². The maximum atomic E-state index is 12.4. The summed E-state index contributed by atoms with van der Waals surface area (Å²) < 4.78 is 0. The van der Waals surface area contributed by atoms with Gasteiger partial charge < -0.3 is 15.3 Å². The van der Waals surface area contributed by atoms with Gasteiger partial charge in [-0.15, -0.1) is 0 Å². The lowest BCUT2D eigenvalue weighted by atomic mass is 9.82. The monoisotopic (exact) mass is 325 g/mol. The number of amides is 2. The highest BCUT2D eigenvalue weighted by Gasteiger charge is 2.39. The Morgan fingerprint density at radius 3 is 2.39 bits per heavy atom. The van der Waals surface area contributed by atoms with Crippen LogP contribution in [0.4, 0.5) is 4.79 Å². The molecule has 2 rings (SSSR count). The van der Waals surface area contributed by atoms with E-state index in [1.54, 1.807) is 0 Å². The molecule has 0 aromatic heterocycles. The van der Waals surface area contributed by atoms with Crippen molar-refractivity contribution in [2.75, 3.05) is 26.2 Å². The van der Waals surface area contributed by atoms with Crippen LogP contribution in [0.15, 0.2) is 0 Å². The number of aliphatic carboxylic acids is 1. The van der Waals surface area contributed by atoms with E-state index in [4.69, 9.17) is 5.11 Å². The lowest BCUT2D eigenvalue weighted by molar-refractivity contribution is -0.139. The van der Waals surface area contributed by atoms with E-state index in [9.17, 15) is 9.59 Å². The summed E-state index contributed by atoms with van der Waals surface area (Å²) >= 11 is 0. The molecule has 0 aromatic rings. The molecule has 2 amide bonds. The fourth-order valence-electron chi connectivity index (χ4n) is 3.88. The van der Waals surface area contributed by atoms with Gasteiger partial charge >= 0.3 is 12.0 Å². The molecule has 1 aliphatic heterocycles. The summed E-state index contributed by atoms with van der Waals surface area (Å²) in [6, 6.07) is 0.525. The maximum absolute atomic E-state index is 12.4. The molecule has 1 heterocycles. The Morgan fingerprint density at radius 2 is 1.91 bits per heavy atom. The molecule has 1 aliphatic carbocycles. The minimum atomic E-state index is -0.785. The van der Waals surface area contributed by atoms with Crippen LogP contribution in [0.1, 0.15) is 52.9 Å². The summed E-state index contributed by atoms with van der Waals surface area (Å²) in [7, 11) is 0. The number of carboxylic acid groups (broad SMARTS) is 1. The van der Waals surface area contributed by atoms with Gasteiger partial charge in [0.05, 0.1) is 6.54 Å². The van der Waals surface area contributed by atoms with Crippen molar-refractivity contribution >= 4 is 12.0 Å². The summed E-state index contributed by atoms with van der Waals surface area (Å²) in [6.07, 6.45) is 5.06. The van der Waals surface area contributed by atoms with Gasteiger partial charge in [-0.1, -0.05) is 20.8 Å². The molecule has 0 atom stereocenters. The Balaban J connectivity index is 1.75. The van der Waals surface area contributed by atoms with E-state index in [-0.39, 0.29) is 24.7 Å². The van der Waals surface area contributed by atoms with Crippen LogP contribution in [0.3, 0.4) is 0 Å². The molecule has 0 bridgehead atoms. The van der Waals surface area contributed by atoms with Gasteiger partial charge in [-0.2, -0.15) is 0 Å². The fourth-order valence-corrected chi connectivity index (χ4v) is 3.88. The number of urea groups is 1. The average molecular weight is 325 g/mol. The molecule has 132 valence electrons. The Labute approximate surface area is 139 Å². The van der Waals surface area contributed by atoms with Crippen LogP contribution < -0.4 is 5.32 Å². The highest BCUT2D eigenvalue weighted by Crippen LogP contribution is 2.37. The minimum Gasteiger partial charge on any atom is -0.480 e. The van der Waals surface area contributed by atoms with Crippen molar-refractivity contribution in [3.05, 3.63) is 0 Å². The van der Waals surface area contributed by atoms with Gasteiger partial charge in [-0.05, 0) is 44.1 Å². The smallest absolute Gasteiger partial charge is 0.317 e. The average Bonchev–Trinajstić information content (AvgIpc) is 2.93. The molecule has 1 saturated heterocycles. The first-order valence-corrected chi connectivity index (χ1v) is 8.94. The number of hydrogen-bond acceptors (Lipinski definition) is 3. The third kappa shape index (κ3) is 4.16. The second-order valence-corrected chi connectivity index (χ2v) is 7.11. The number of nitrogens with zero attached hydrogens (tertiary/aromatic N) is 2.